The lowest BCUT2D eigenvalue weighted by atomic mass is 9.82. The Kier molecular flexibility index (Phi) is 6.20. The molecular formula is C45H33NO. The van der Waals surface area contributed by atoms with Crippen LogP contribution in [-0.4, -0.2) is 0 Å². The molecule has 0 bridgehead atoms. The molecule has 0 amide bonds. The van der Waals surface area contributed by atoms with Crippen LogP contribution in [-0.2, 0) is 5.41 Å². The van der Waals surface area contributed by atoms with Gasteiger partial charge in [0.05, 0.1) is 0 Å². The molecule has 1 aliphatic carbocycles. The second-order valence-corrected chi connectivity index (χ2v) is 13.0. The Morgan fingerprint density at radius 1 is 0.447 bits per heavy atom. The predicted molar refractivity (Wildman–Crippen MR) is 197 cm³/mol. The van der Waals surface area contributed by atoms with Crippen LogP contribution < -0.4 is 4.90 Å². The van der Waals surface area contributed by atoms with E-state index in [1.54, 1.807) is 0 Å². The first-order valence-corrected chi connectivity index (χ1v) is 16.3. The fourth-order valence-corrected chi connectivity index (χ4v) is 7.52. The van der Waals surface area contributed by atoms with Gasteiger partial charge in [-0.05, 0) is 99.1 Å². The van der Waals surface area contributed by atoms with E-state index in [4.69, 9.17) is 4.42 Å². The quantitative estimate of drug-likeness (QED) is 0.195. The Labute approximate surface area is 275 Å². The Bertz CT molecular complexity index is 2420. The largest absolute Gasteiger partial charge is 0.456 e. The van der Waals surface area contributed by atoms with E-state index in [2.05, 4.69) is 176 Å². The number of anilines is 3. The monoisotopic (exact) mass is 603 g/mol. The summed E-state index contributed by atoms with van der Waals surface area (Å²) in [6.45, 7) is 4.68. The van der Waals surface area contributed by atoms with E-state index in [0.717, 1.165) is 28.2 Å². The normalized spacial score (nSPS) is 13.1. The van der Waals surface area contributed by atoms with Gasteiger partial charge in [-0.3, -0.25) is 0 Å². The van der Waals surface area contributed by atoms with E-state index >= 15 is 0 Å². The predicted octanol–water partition coefficient (Wildman–Crippen LogP) is 12.7. The summed E-state index contributed by atoms with van der Waals surface area (Å²) >= 11 is 0. The number of furan rings is 1. The third-order valence-corrected chi connectivity index (χ3v) is 9.86. The maximum absolute atomic E-state index is 6.31. The van der Waals surface area contributed by atoms with Gasteiger partial charge in [0.25, 0.3) is 0 Å². The summed E-state index contributed by atoms with van der Waals surface area (Å²) in [6.07, 6.45) is 0. The molecule has 47 heavy (non-hydrogen) atoms. The number of hydrogen-bond acceptors (Lipinski definition) is 2. The molecule has 0 atom stereocenters. The van der Waals surface area contributed by atoms with Gasteiger partial charge >= 0.3 is 0 Å². The van der Waals surface area contributed by atoms with Crippen molar-refractivity contribution in [3.63, 3.8) is 0 Å². The first-order chi connectivity index (χ1) is 23.1. The summed E-state index contributed by atoms with van der Waals surface area (Å²) in [5, 5.41) is 2.39. The van der Waals surface area contributed by atoms with Crippen LogP contribution in [0.1, 0.15) is 25.0 Å². The minimum absolute atomic E-state index is 0.0932. The second-order valence-electron chi connectivity index (χ2n) is 13.0. The molecule has 1 aliphatic rings. The number of benzene rings is 7. The highest BCUT2D eigenvalue weighted by atomic mass is 16.3. The maximum Gasteiger partial charge on any atom is 0.136 e. The molecule has 0 fully saturated rings. The van der Waals surface area contributed by atoms with Crippen molar-refractivity contribution >= 4 is 39.0 Å². The fourth-order valence-electron chi connectivity index (χ4n) is 7.52. The lowest BCUT2D eigenvalue weighted by Gasteiger charge is -2.26. The van der Waals surface area contributed by atoms with Crippen molar-refractivity contribution in [3.05, 3.63) is 175 Å². The van der Waals surface area contributed by atoms with Crippen LogP contribution in [0, 0.1) is 0 Å². The average molecular weight is 604 g/mol. The number of nitrogens with zero attached hydrogens (tertiary/aromatic N) is 1. The molecule has 8 aromatic rings. The standard InChI is InChI=1S/C45H33NO/c1-45(2)39-25-22-33(29-38(39)43-40(45)26-27-42-44(43)37-18-9-10-19-41(37)47-42)31-20-23-35(24-21-31)46(34-15-7-4-8-16-34)36-17-11-14-32(28-36)30-12-5-3-6-13-30/h3-29H,1-2H3. The van der Waals surface area contributed by atoms with Gasteiger partial charge in [0.1, 0.15) is 11.2 Å². The summed E-state index contributed by atoms with van der Waals surface area (Å²) in [5.74, 6) is 0. The number of fused-ring (bicyclic) bond motifs is 7. The molecule has 0 saturated heterocycles. The third-order valence-electron chi connectivity index (χ3n) is 9.86. The highest BCUT2D eigenvalue weighted by Gasteiger charge is 2.37. The van der Waals surface area contributed by atoms with Crippen molar-refractivity contribution < 1.29 is 4.42 Å². The molecule has 0 unspecified atom stereocenters. The lowest BCUT2D eigenvalue weighted by Crippen LogP contribution is -2.14. The summed E-state index contributed by atoms with van der Waals surface area (Å²) < 4.78 is 6.31. The molecular weight excluding hydrogens is 571 g/mol. The molecule has 7 aromatic carbocycles. The second kappa shape index (κ2) is 10.6. The van der Waals surface area contributed by atoms with Crippen LogP contribution in [0.2, 0.25) is 0 Å². The number of rotatable bonds is 5. The van der Waals surface area contributed by atoms with Gasteiger partial charge in [-0.25, -0.2) is 0 Å². The molecule has 1 aromatic heterocycles. The van der Waals surface area contributed by atoms with Crippen molar-refractivity contribution in [1.29, 1.82) is 0 Å². The van der Waals surface area contributed by atoms with Crippen molar-refractivity contribution in [1.82, 2.24) is 0 Å². The Morgan fingerprint density at radius 2 is 1.04 bits per heavy atom. The summed E-state index contributed by atoms with van der Waals surface area (Å²) in [6, 6.07) is 58.8. The zero-order chi connectivity index (χ0) is 31.5. The Balaban J connectivity index is 1.14. The molecule has 0 spiro atoms. The molecule has 0 N–H and O–H groups in total. The third kappa shape index (κ3) is 4.40. The van der Waals surface area contributed by atoms with Gasteiger partial charge in [-0.15, -0.1) is 0 Å². The van der Waals surface area contributed by atoms with Crippen LogP contribution in [0.25, 0.3) is 55.3 Å². The van der Waals surface area contributed by atoms with Crippen molar-refractivity contribution in [3.8, 4) is 33.4 Å². The molecule has 2 nitrogen and oxygen atoms in total. The van der Waals surface area contributed by atoms with Crippen LogP contribution >= 0.6 is 0 Å². The van der Waals surface area contributed by atoms with E-state index in [0.29, 0.717) is 0 Å². The molecule has 9 rings (SSSR count). The van der Waals surface area contributed by atoms with Crippen molar-refractivity contribution in [2.24, 2.45) is 0 Å². The minimum atomic E-state index is -0.0932. The van der Waals surface area contributed by atoms with Gasteiger partial charge < -0.3 is 9.32 Å². The summed E-state index contributed by atoms with van der Waals surface area (Å²) in [4.78, 5) is 2.33. The number of para-hydroxylation sites is 2. The van der Waals surface area contributed by atoms with Crippen LogP contribution in [0.15, 0.2) is 168 Å². The first-order valence-electron chi connectivity index (χ1n) is 16.3. The fraction of sp³-hybridized carbons (Fsp3) is 0.0667. The topological polar surface area (TPSA) is 16.4 Å². The van der Waals surface area contributed by atoms with Gasteiger partial charge in [0.15, 0.2) is 0 Å². The molecule has 0 saturated carbocycles. The van der Waals surface area contributed by atoms with Crippen molar-refractivity contribution in [2.45, 2.75) is 19.3 Å². The maximum atomic E-state index is 6.31. The summed E-state index contributed by atoms with van der Waals surface area (Å²) in [5.41, 5.74) is 15.3. The van der Waals surface area contributed by atoms with Crippen LogP contribution in [0.3, 0.4) is 0 Å². The molecule has 1 heterocycles. The van der Waals surface area contributed by atoms with Gasteiger partial charge in [0, 0.05) is 33.2 Å². The van der Waals surface area contributed by atoms with Crippen LogP contribution in [0.5, 0.6) is 0 Å². The zero-order valence-electron chi connectivity index (χ0n) is 26.4. The van der Waals surface area contributed by atoms with E-state index < -0.39 is 0 Å². The Hall–Kier alpha value is -5.86. The highest BCUT2D eigenvalue weighted by Crippen LogP contribution is 2.53. The lowest BCUT2D eigenvalue weighted by molar-refractivity contribution is 0.656. The van der Waals surface area contributed by atoms with E-state index in [1.165, 1.54) is 55.3 Å². The molecule has 0 aliphatic heterocycles. The van der Waals surface area contributed by atoms with E-state index in [1.807, 2.05) is 6.07 Å². The average Bonchev–Trinajstić information content (AvgIpc) is 3.61. The van der Waals surface area contributed by atoms with E-state index in [-0.39, 0.29) is 5.41 Å². The number of hydrogen-bond donors (Lipinski definition) is 0. The SMILES string of the molecule is CC1(C)c2ccc(-c3ccc(N(c4ccccc4)c4cccc(-c5ccccc5)c4)cc3)cc2-c2c1ccc1oc3ccccc3c21. The highest BCUT2D eigenvalue weighted by molar-refractivity contribution is 6.15. The van der Waals surface area contributed by atoms with E-state index in [9.17, 15) is 0 Å². The minimum Gasteiger partial charge on any atom is -0.456 e. The van der Waals surface area contributed by atoms with Gasteiger partial charge in [-0.1, -0.05) is 123 Å². The zero-order valence-corrected chi connectivity index (χ0v) is 26.4. The molecule has 224 valence electrons. The Morgan fingerprint density at radius 3 is 1.85 bits per heavy atom. The molecule has 0 radical (unpaired) electrons. The smallest absolute Gasteiger partial charge is 0.136 e. The molecule has 2 heteroatoms. The van der Waals surface area contributed by atoms with Crippen LogP contribution in [0.4, 0.5) is 17.1 Å². The van der Waals surface area contributed by atoms with Gasteiger partial charge in [-0.2, -0.15) is 0 Å². The summed E-state index contributed by atoms with van der Waals surface area (Å²) in [7, 11) is 0. The first kappa shape index (κ1) is 27.5. The van der Waals surface area contributed by atoms with Crippen molar-refractivity contribution in [2.75, 3.05) is 4.90 Å². The van der Waals surface area contributed by atoms with Gasteiger partial charge in [0.2, 0.25) is 0 Å².